The summed E-state index contributed by atoms with van der Waals surface area (Å²) in [5, 5.41) is 0. The zero-order valence-electron chi connectivity index (χ0n) is 48.2. The molecule has 0 spiro atoms. The summed E-state index contributed by atoms with van der Waals surface area (Å²) < 4.78 is 0. The predicted molar refractivity (Wildman–Crippen MR) is 336 cm³/mol. The van der Waals surface area contributed by atoms with Crippen molar-refractivity contribution >= 4 is 34.1 Å². The summed E-state index contributed by atoms with van der Waals surface area (Å²) in [6.45, 7) is 18.3. The van der Waals surface area contributed by atoms with Gasteiger partial charge in [-0.25, -0.2) is 0 Å². The van der Waals surface area contributed by atoms with Crippen LogP contribution in [-0.2, 0) is 5.41 Å². The summed E-state index contributed by atoms with van der Waals surface area (Å²) in [7, 11) is 0. The lowest BCUT2D eigenvalue weighted by Gasteiger charge is -2.33. The van der Waals surface area contributed by atoms with Gasteiger partial charge in [-0.1, -0.05) is 233 Å². The summed E-state index contributed by atoms with van der Waals surface area (Å²) in [4.78, 5) is 4.80. The first-order chi connectivity index (χ1) is 37.6. The molecule has 0 N–H and O–H groups in total. The summed E-state index contributed by atoms with van der Waals surface area (Å²) >= 11 is 0. The minimum Gasteiger partial charge on any atom is -0.311 e. The van der Waals surface area contributed by atoms with Gasteiger partial charge < -0.3 is 9.80 Å². The normalized spacial score (nSPS) is 13.2. The largest absolute Gasteiger partial charge is 0.311 e. The van der Waals surface area contributed by atoms with Gasteiger partial charge in [-0.15, -0.1) is 0 Å². The maximum absolute atomic E-state index is 2.61. The lowest BCUT2D eigenvalue weighted by Crippen LogP contribution is -2.25. The van der Waals surface area contributed by atoms with Crippen molar-refractivity contribution in [1.29, 1.82) is 0 Å². The van der Waals surface area contributed by atoms with Crippen molar-refractivity contribution in [2.45, 2.75) is 175 Å². The SMILES string of the molecule is CCCCCCCCC1(CCCCCCCC)c2cc(C)ccc2-c2ccc(-c3ccc(N(c4ccc(-c5ccc(N(c6ccc(C)cc6)c6ccc(C(C)CC)cc6)cc5)cc4)c4ccc(C(C)CC)cc4)cc3)cc21. The average molecular weight is 1020 g/mol. The van der Waals surface area contributed by atoms with E-state index in [1.165, 1.54) is 146 Å². The van der Waals surface area contributed by atoms with Crippen LogP contribution < -0.4 is 9.80 Å². The van der Waals surface area contributed by atoms with Crippen LogP contribution in [0.2, 0.25) is 0 Å². The molecule has 2 unspecified atom stereocenters. The standard InChI is InChI=1S/C75H88N2/c1-9-13-15-17-19-21-51-75(52-22-20-18-16-14-10-2)73-53-56(6)25-49-71(73)72-50-36-64(54-74(72)75)63-34-47-70(48-35-63)77(67-41-28-60(29-42-67)58(8)12-4)69-45-32-62(33-46-69)61-30-43-68(44-31-61)76(65-37-23-55(5)24-38-65)66-39-26-59(27-40-66)57(7)11-3/h23-50,53-54,57-58H,9-22,51-52H2,1-8H3. The van der Waals surface area contributed by atoms with E-state index in [0.29, 0.717) is 11.8 Å². The fraction of sp³-hybridized carbons (Fsp3) is 0.360. The Balaban J connectivity index is 1.02. The topological polar surface area (TPSA) is 6.48 Å². The molecule has 8 aromatic rings. The molecule has 9 rings (SSSR count). The molecule has 0 radical (unpaired) electrons. The highest BCUT2D eigenvalue weighted by Gasteiger charge is 2.42. The van der Waals surface area contributed by atoms with Gasteiger partial charge in [0.2, 0.25) is 0 Å². The molecule has 1 aliphatic rings. The lowest BCUT2D eigenvalue weighted by atomic mass is 9.70. The van der Waals surface area contributed by atoms with Gasteiger partial charge in [-0.3, -0.25) is 0 Å². The van der Waals surface area contributed by atoms with Crippen molar-refractivity contribution in [3.05, 3.63) is 215 Å². The molecule has 0 bridgehead atoms. The zero-order valence-corrected chi connectivity index (χ0v) is 48.2. The van der Waals surface area contributed by atoms with Crippen LogP contribution in [0.4, 0.5) is 34.1 Å². The van der Waals surface area contributed by atoms with Crippen molar-refractivity contribution in [3.8, 4) is 33.4 Å². The molecule has 0 saturated carbocycles. The second-order valence-corrected chi connectivity index (χ2v) is 22.9. The average Bonchev–Trinajstić information content (AvgIpc) is 3.95. The van der Waals surface area contributed by atoms with E-state index in [4.69, 9.17) is 0 Å². The van der Waals surface area contributed by atoms with E-state index in [9.17, 15) is 0 Å². The second-order valence-electron chi connectivity index (χ2n) is 22.9. The van der Waals surface area contributed by atoms with Gasteiger partial charge in [0.15, 0.2) is 0 Å². The van der Waals surface area contributed by atoms with E-state index >= 15 is 0 Å². The summed E-state index contributed by atoms with van der Waals surface area (Å²) in [6.07, 6.45) is 20.6. The molecule has 0 saturated heterocycles. The van der Waals surface area contributed by atoms with E-state index in [2.05, 4.69) is 247 Å². The molecular weight excluding hydrogens is 929 g/mol. The van der Waals surface area contributed by atoms with Gasteiger partial charge in [-0.05, 0) is 186 Å². The Morgan fingerprint density at radius 2 is 0.636 bits per heavy atom. The highest BCUT2D eigenvalue weighted by Crippen LogP contribution is 2.55. The molecule has 0 fully saturated rings. The Morgan fingerprint density at radius 1 is 0.325 bits per heavy atom. The van der Waals surface area contributed by atoms with Crippen molar-refractivity contribution in [1.82, 2.24) is 0 Å². The molecule has 398 valence electrons. The van der Waals surface area contributed by atoms with Crippen LogP contribution in [0.1, 0.15) is 189 Å². The number of fused-ring (bicyclic) bond motifs is 3. The summed E-state index contributed by atoms with van der Waals surface area (Å²) in [6, 6.07) is 69.7. The Bertz CT molecular complexity index is 3070. The summed E-state index contributed by atoms with van der Waals surface area (Å²) in [5.74, 6) is 1.05. The van der Waals surface area contributed by atoms with Gasteiger partial charge in [0.25, 0.3) is 0 Å². The van der Waals surface area contributed by atoms with Crippen LogP contribution in [0, 0.1) is 13.8 Å². The van der Waals surface area contributed by atoms with Crippen molar-refractivity contribution in [2.24, 2.45) is 0 Å². The Hall–Kier alpha value is -6.64. The van der Waals surface area contributed by atoms with E-state index in [1.807, 2.05) is 0 Å². The molecule has 0 heterocycles. The van der Waals surface area contributed by atoms with Crippen molar-refractivity contribution < 1.29 is 0 Å². The van der Waals surface area contributed by atoms with E-state index in [1.54, 1.807) is 11.1 Å². The van der Waals surface area contributed by atoms with Crippen LogP contribution in [0.5, 0.6) is 0 Å². The Kier molecular flexibility index (Phi) is 18.7. The minimum absolute atomic E-state index is 0.0517. The van der Waals surface area contributed by atoms with E-state index < -0.39 is 0 Å². The molecule has 0 amide bonds. The van der Waals surface area contributed by atoms with Crippen LogP contribution in [0.15, 0.2) is 182 Å². The Labute approximate surface area is 465 Å². The number of aryl methyl sites for hydroxylation is 2. The molecule has 0 aliphatic heterocycles. The van der Waals surface area contributed by atoms with Crippen LogP contribution in [-0.4, -0.2) is 0 Å². The number of anilines is 6. The molecule has 0 aromatic heterocycles. The first-order valence-electron chi connectivity index (χ1n) is 30.1. The van der Waals surface area contributed by atoms with Gasteiger partial charge in [0.05, 0.1) is 0 Å². The first-order valence-corrected chi connectivity index (χ1v) is 30.1. The molecule has 1 aliphatic carbocycles. The molecule has 77 heavy (non-hydrogen) atoms. The predicted octanol–water partition coefficient (Wildman–Crippen LogP) is 23.4. The molecule has 2 nitrogen and oxygen atoms in total. The third-order valence-corrected chi connectivity index (χ3v) is 17.4. The fourth-order valence-corrected chi connectivity index (χ4v) is 12.2. The maximum Gasteiger partial charge on any atom is 0.0462 e. The number of unbranched alkanes of at least 4 members (excludes halogenated alkanes) is 10. The van der Waals surface area contributed by atoms with Gasteiger partial charge in [-0.2, -0.15) is 0 Å². The Morgan fingerprint density at radius 3 is 1.04 bits per heavy atom. The number of nitrogens with zero attached hydrogens (tertiary/aromatic N) is 2. The highest BCUT2D eigenvalue weighted by atomic mass is 15.1. The third kappa shape index (κ3) is 12.7. The number of hydrogen-bond donors (Lipinski definition) is 0. The molecule has 2 heteroatoms. The number of hydrogen-bond acceptors (Lipinski definition) is 2. The minimum atomic E-state index is 0.0517. The fourth-order valence-electron chi connectivity index (χ4n) is 12.2. The van der Waals surface area contributed by atoms with Crippen LogP contribution in [0.25, 0.3) is 33.4 Å². The van der Waals surface area contributed by atoms with Crippen LogP contribution >= 0.6 is 0 Å². The van der Waals surface area contributed by atoms with E-state index in [-0.39, 0.29) is 5.41 Å². The monoisotopic (exact) mass is 1020 g/mol. The van der Waals surface area contributed by atoms with Gasteiger partial charge in [0.1, 0.15) is 0 Å². The maximum atomic E-state index is 2.61. The molecular formula is C75H88N2. The first kappa shape index (κ1) is 55.1. The molecule has 8 aromatic carbocycles. The second kappa shape index (κ2) is 26.1. The van der Waals surface area contributed by atoms with E-state index in [0.717, 1.165) is 47.0 Å². The molecule has 2 atom stereocenters. The number of rotatable bonds is 26. The van der Waals surface area contributed by atoms with Crippen molar-refractivity contribution in [3.63, 3.8) is 0 Å². The van der Waals surface area contributed by atoms with Crippen LogP contribution in [0.3, 0.4) is 0 Å². The van der Waals surface area contributed by atoms with Gasteiger partial charge in [0, 0.05) is 39.5 Å². The number of benzene rings is 8. The highest BCUT2D eigenvalue weighted by molar-refractivity contribution is 5.86. The van der Waals surface area contributed by atoms with Gasteiger partial charge >= 0.3 is 0 Å². The quantitative estimate of drug-likeness (QED) is 0.0499. The summed E-state index contributed by atoms with van der Waals surface area (Å²) in [5.41, 5.74) is 23.4. The third-order valence-electron chi connectivity index (χ3n) is 17.4. The zero-order chi connectivity index (χ0) is 53.7. The smallest absolute Gasteiger partial charge is 0.0462 e. The lowest BCUT2D eigenvalue weighted by molar-refractivity contribution is 0.398. The van der Waals surface area contributed by atoms with Crippen molar-refractivity contribution in [2.75, 3.05) is 9.80 Å².